The van der Waals surface area contributed by atoms with E-state index < -0.39 is 12.0 Å². The molecular formula is C19H20ClN3O3S. The molecule has 1 aromatic carbocycles. The van der Waals surface area contributed by atoms with E-state index >= 15 is 0 Å². The van der Waals surface area contributed by atoms with Crippen LogP contribution in [0.2, 0.25) is 5.02 Å². The maximum absolute atomic E-state index is 12.6. The third-order valence-corrected chi connectivity index (χ3v) is 5.36. The van der Waals surface area contributed by atoms with Crippen LogP contribution in [0.3, 0.4) is 0 Å². The van der Waals surface area contributed by atoms with Gasteiger partial charge >= 0.3 is 12.0 Å². The highest BCUT2D eigenvalue weighted by Gasteiger charge is 2.34. The lowest BCUT2D eigenvalue weighted by Gasteiger charge is -2.28. The van der Waals surface area contributed by atoms with Crippen LogP contribution in [0.1, 0.15) is 23.4 Å². The van der Waals surface area contributed by atoms with Gasteiger partial charge < -0.3 is 20.7 Å². The van der Waals surface area contributed by atoms with Gasteiger partial charge in [0.05, 0.1) is 18.2 Å². The van der Waals surface area contributed by atoms with E-state index in [0.29, 0.717) is 29.4 Å². The summed E-state index contributed by atoms with van der Waals surface area (Å²) >= 11 is 7.65. The molecule has 0 spiro atoms. The Kier molecular flexibility index (Phi) is 6.49. The maximum atomic E-state index is 12.6. The number of thiophene rings is 1. The molecule has 8 heteroatoms. The van der Waals surface area contributed by atoms with Crippen LogP contribution in [0.5, 0.6) is 0 Å². The van der Waals surface area contributed by atoms with Gasteiger partial charge in [0, 0.05) is 28.7 Å². The van der Waals surface area contributed by atoms with E-state index in [-0.39, 0.29) is 12.6 Å². The summed E-state index contributed by atoms with van der Waals surface area (Å²) in [5.74, 6) is -0.446. The van der Waals surface area contributed by atoms with Gasteiger partial charge in [-0.25, -0.2) is 9.59 Å². The number of urea groups is 1. The second-order valence-corrected chi connectivity index (χ2v) is 7.24. The summed E-state index contributed by atoms with van der Waals surface area (Å²) in [6.45, 7) is 2.82. The van der Waals surface area contributed by atoms with E-state index in [1.54, 1.807) is 6.92 Å². The van der Waals surface area contributed by atoms with Gasteiger partial charge in [0.15, 0.2) is 0 Å². The molecule has 0 bridgehead atoms. The Morgan fingerprint density at radius 2 is 2.07 bits per heavy atom. The summed E-state index contributed by atoms with van der Waals surface area (Å²) in [7, 11) is 0. The fraction of sp³-hybridized carbons (Fsp3) is 0.263. The number of hydrogen-bond donors (Lipinski definition) is 3. The Morgan fingerprint density at radius 3 is 2.78 bits per heavy atom. The molecule has 3 rings (SSSR count). The average Bonchev–Trinajstić information content (AvgIpc) is 3.17. The van der Waals surface area contributed by atoms with E-state index in [0.717, 1.165) is 10.4 Å². The number of benzene rings is 1. The van der Waals surface area contributed by atoms with Crippen molar-refractivity contribution in [2.24, 2.45) is 0 Å². The zero-order chi connectivity index (χ0) is 19.2. The molecule has 0 unspecified atom stereocenters. The minimum absolute atomic E-state index is 0.258. The number of rotatable bonds is 7. The molecule has 2 heterocycles. The van der Waals surface area contributed by atoms with Crippen molar-refractivity contribution in [1.82, 2.24) is 16.0 Å². The smallest absolute Gasteiger partial charge is 0.338 e. The number of amides is 2. The van der Waals surface area contributed by atoms with Crippen molar-refractivity contribution in [2.45, 2.75) is 19.5 Å². The minimum atomic E-state index is -0.532. The lowest BCUT2D eigenvalue weighted by atomic mass is 10.0. The van der Waals surface area contributed by atoms with Gasteiger partial charge in [-0.3, -0.25) is 0 Å². The second kappa shape index (κ2) is 9.03. The van der Waals surface area contributed by atoms with Gasteiger partial charge in [-0.1, -0.05) is 35.9 Å². The lowest BCUT2D eigenvalue weighted by molar-refractivity contribution is -0.139. The number of esters is 1. The summed E-state index contributed by atoms with van der Waals surface area (Å²) < 4.78 is 5.23. The Morgan fingerprint density at radius 1 is 1.26 bits per heavy atom. The first-order valence-electron chi connectivity index (χ1n) is 8.55. The Balaban J connectivity index is 1.84. The van der Waals surface area contributed by atoms with Gasteiger partial charge in [0.1, 0.15) is 0 Å². The van der Waals surface area contributed by atoms with E-state index in [9.17, 15) is 9.59 Å². The van der Waals surface area contributed by atoms with Gasteiger partial charge in [0.25, 0.3) is 0 Å². The molecule has 1 aromatic heterocycles. The van der Waals surface area contributed by atoms with Gasteiger partial charge in [-0.2, -0.15) is 0 Å². The first kappa shape index (κ1) is 19.4. The van der Waals surface area contributed by atoms with Crippen LogP contribution in [0.15, 0.2) is 53.0 Å². The van der Waals surface area contributed by atoms with Gasteiger partial charge in [0.2, 0.25) is 0 Å². The number of carbonyl (C=O) groups excluding carboxylic acids is 2. The van der Waals surface area contributed by atoms with Crippen molar-refractivity contribution >= 4 is 34.9 Å². The number of halogens is 1. The van der Waals surface area contributed by atoms with Crippen LogP contribution in [0.25, 0.3) is 0 Å². The summed E-state index contributed by atoms with van der Waals surface area (Å²) in [4.78, 5) is 25.6. The van der Waals surface area contributed by atoms with Crippen molar-refractivity contribution in [3.05, 3.63) is 68.5 Å². The Bertz CT molecular complexity index is 852. The van der Waals surface area contributed by atoms with Crippen molar-refractivity contribution in [3.63, 3.8) is 0 Å². The molecule has 1 aliphatic rings. The molecule has 1 aliphatic heterocycles. The van der Waals surface area contributed by atoms with Crippen molar-refractivity contribution in [3.8, 4) is 0 Å². The standard InChI is InChI=1S/C19H20ClN3O3S/c1-2-26-18(24)16-14(11-21-10-12-6-3-4-7-13(12)20)22-19(25)23-17(16)15-8-5-9-27-15/h3-9,17,21H,2,10-11H2,1H3,(H2,22,23,25)/t17-/m0/s1. The van der Waals surface area contributed by atoms with Crippen LogP contribution < -0.4 is 16.0 Å². The molecule has 6 nitrogen and oxygen atoms in total. The highest BCUT2D eigenvalue weighted by Crippen LogP contribution is 2.30. The van der Waals surface area contributed by atoms with Crippen molar-refractivity contribution in [2.75, 3.05) is 13.2 Å². The number of ether oxygens (including phenoxy) is 1. The molecule has 3 N–H and O–H groups in total. The average molecular weight is 406 g/mol. The maximum Gasteiger partial charge on any atom is 0.338 e. The SMILES string of the molecule is CCOC(=O)C1=C(CNCc2ccccc2Cl)NC(=O)N[C@H]1c1cccs1. The molecule has 0 saturated carbocycles. The Labute approximate surface area is 166 Å². The summed E-state index contributed by atoms with van der Waals surface area (Å²) in [5.41, 5.74) is 1.85. The number of carbonyl (C=O) groups is 2. The molecule has 142 valence electrons. The van der Waals surface area contributed by atoms with Crippen LogP contribution in [0.4, 0.5) is 4.79 Å². The summed E-state index contributed by atoms with van der Waals surface area (Å²) in [6.07, 6.45) is 0. The van der Waals surface area contributed by atoms with Crippen molar-refractivity contribution < 1.29 is 14.3 Å². The molecule has 0 fully saturated rings. The van der Waals surface area contributed by atoms with Crippen LogP contribution in [-0.2, 0) is 16.1 Å². The molecule has 2 amide bonds. The van der Waals surface area contributed by atoms with E-state index in [1.165, 1.54) is 11.3 Å². The van der Waals surface area contributed by atoms with Gasteiger partial charge in [-0.05, 0) is 30.0 Å². The molecule has 0 saturated heterocycles. The first-order chi connectivity index (χ1) is 13.1. The lowest BCUT2D eigenvalue weighted by Crippen LogP contribution is -2.47. The molecular weight excluding hydrogens is 386 g/mol. The van der Waals surface area contributed by atoms with E-state index in [2.05, 4.69) is 16.0 Å². The minimum Gasteiger partial charge on any atom is -0.463 e. The quantitative estimate of drug-likeness (QED) is 0.617. The molecule has 2 aromatic rings. The van der Waals surface area contributed by atoms with Crippen molar-refractivity contribution in [1.29, 1.82) is 0 Å². The fourth-order valence-electron chi connectivity index (χ4n) is 2.84. The molecule has 1 atom stereocenters. The van der Waals surface area contributed by atoms with Crippen LogP contribution in [0, 0.1) is 0 Å². The highest BCUT2D eigenvalue weighted by molar-refractivity contribution is 7.10. The third-order valence-electron chi connectivity index (χ3n) is 4.05. The van der Waals surface area contributed by atoms with Gasteiger partial charge in [-0.15, -0.1) is 11.3 Å². The predicted octanol–water partition coefficient (Wildman–Crippen LogP) is 3.36. The summed E-state index contributed by atoms with van der Waals surface area (Å²) in [6, 6.07) is 10.4. The largest absolute Gasteiger partial charge is 0.463 e. The molecule has 0 aliphatic carbocycles. The third kappa shape index (κ3) is 4.68. The fourth-order valence-corrected chi connectivity index (χ4v) is 3.83. The van der Waals surface area contributed by atoms with E-state index in [4.69, 9.17) is 16.3 Å². The zero-order valence-corrected chi connectivity index (χ0v) is 16.3. The predicted molar refractivity (Wildman–Crippen MR) is 106 cm³/mol. The monoisotopic (exact) mass is 405 g/mol. The summed E-state index contributed by atoms with van der Waals surface area (Å²) in [5, 5.41) is 11.3. The first-order valence-corrected chi connectivity index (χ1v) is 9.81. The van der Waals surface area contributed by atoms with E-state index in [1.807, 2.05) is 41.8 Å². The zero-order valence-electron chi connectivity index (χ0n) is 14.8. The number of hydrogen-bond acceptors (Lipinski definition) is 5. The Hall–Kier alpha value is -2.35. The molecule has 27 heavy (non-hydrogen) atoms. The van der Waals surface area contributed by atoms with Crippen LogP contribution in [-0.4, -0.2) is 25.2 Å². The second-order valence-electron chi connectivity index (χ2n) is 5.85. The topological polar surface area (TPSA) is 79.5 Å². The number of nitrogens with one attached hydrogen (secondary N) is 3. The molecule has 0 radical (unpaired) electrons. The highest BCUT2D eigenvalue weighted by atomic mass is 35.5. The van der Waals surface area contributed by atoms with Crippen LogP contribution >= 0.6 is 22.9 Å². The normalized spacial score (nSPS) is 16.7.